The Labute approximate surface area is 214 Å². The van der Waals surface area contributed by atoms with Crippen molar-refractivity contribution in [3.05, 3.63) is 71.3 Å². The molecule has 3 atom stereocenters. The lowest BCUT2D eigenvalue weighted by atomic mass is 9.81. The normalized spacial score (nSPS) is 17.8. The second-order valence-electron chi connectivity index (χ2n) is 9.17. The molecule has 0 saturated carbocycles. The Hall–Kier alpha value is -4.28. The zero-order valence-electron chi connectivity index (χ0n) is 21.2. The maximum absolute atomic E-state index is 13.9. The van der Waals surface area contributed by atoms with Crippen molar-refractivity contribution in [2.75, 3.05) is 17.7 Å². The summed E-state index contributed by atoms with van der Waals surface area (Å²) in [6.45, 7) is 3.67. The molecule has 11 heteroatoms. The number of nitrogens with one attached hydrogen (secondary N) is 1. The van der Waals surface area contributed by atoms with Gasteiger partial charge in [0.25, 0.3) is 5.91 Å². The number of anilines is 2. The van der Waals surface area contributed by atoms with E-state index < -0.39 is 41.7 Å². The molecule has 2 aromatic heterocycles. The summed E-state index contributed by atoms with van der Waals surface area (Å²) < 4.78 is 15.5. The molecule has 194 valence electrons. The van der Waals surface area contributed by atoms with Gasteiger partial charge in [0.1, 0.15) is 23.5 Å². The number of nitrogen functional groups attached to an aromatic ring is 1. The van der Waals surface area contributed by atoms with Gasteiger partial charge in [0.15, 0.2) is 0 Å². The summed E-state index contributed by atoms with van der Waals surface area (Å²) in [6.07, 6.45) is 3.76. The van der Waals surface area contributed by atoms with Crippen molar-refractivity contribution in [1.82, 2.24) is 25.0 Å². The minimum atomic E-state index is -1.05. The second-order valence-corrected chi connectivity index (χ2v) is 9.17. The van der Waals surface area contributed by atoms with Crippen LogP contribution in [0, 0.1) is 18.7 Å². The highest BCUT2D eigenvalue weighted by molar-refractivity contribution is 6.12. The van der Waals surface area contributed by atoms with Crippen LogP contribution in [0.5, 0.6) is 0 Å². The molecule has 0 spiro atoms. The number of hydrogen-bond acceptors (Lipinski definition) is 6. The third-order valence-corrected chi connectivity index (χ3v) is 6.78. The average Bonchev–Trinajstić information content (AvgIpc) is 3.30. The van der Waals surface area contributed by atoms with Crippen LogP contribution in [-0.4, -0.2) is 50.6 Å². The van der Waals surface area contributed by atoms with Gasteiger partial charge < -0.3 is 11.1 Å². The Balaban J connectivity index is 1.62. The van der Waals surface area contributed by atoms with Crippen LogP contribution in [0.1, 0.15) is 36.1 Å². The van der Waals surface area contributed by atoms with Crippen LogP contribution >= 0.6 is 0 Å². The van der Waals surface area contributed by atoms with Crippen LogP contribution in [0.4, 0.5) is 20.8 Å². The van der Waals surface area contributed by atoms with Crippen LogP contribution in [0.15, 0.2) is 48.8 Å². The first-order valence-electron chi connectivity index (χ1n) is 12.0. The molecule has 4 rings (SSSR count). The molecule has 1 saturated heterocycles. The fourth-order valence-corrected chi connectivity index (χ4v) is 4.74. The second kappa shape index (κ2) is 10.4. The number of likely N-dealkylation sites (tertiary alicyclic amines) is 1. The van der Waals surface area contributed by atoms with E-state index in [1.807, 2.05) is 13.8 Å². The van der Waals surface area contributed by atoms with Crippen molar-refractivity contribution in [2.24, 2.45) is 13.0 Å². The van der Waals surface area contributed by atoms with E-state index in [2.05, 4.69) is 15.4 Å². The third-order valence-electron chi connectivity index (χ3n) is 6.78. The molecule has 3 aromatic rings. The maximum Gasteiger partial charge on any atom is 0.325 e. The first kappa shape index (κ1) is 25.8. The SMILES string of the molecule is CC[C@@H](NC(=O)N1C(=O)[C@H](Cc2ccnc(N)c2)[C@H]1C(=O)N(C)c1ccnn1C)c1cc(F)ccc1C. The van der Waals surface area contributed by atoms with E-state index in [1.165, 1.54) is 27.9 Å². The van der Waals surface area contributed by atoms with Crippen molar-refractivity contribution >= 4 is 29.5 Å². The highest BCUT2D eigenvalue weighted by Crippen LogP contribution is 2.33. The first-order chi connectivity index (χ1) is 17.6. The predicted molar refractivity (Wildman–Crippen MR) is 136 cm³/mol. The number of rotatable bonds is 7. The van der Waals surface area contributed by atoms with E-state index in [0.717, 1.165) is 16.0 Å². The number of nitrogens with two attached hydrogens (primary N) is 1. The zero-order valence-corrected chi connectivity index (χ0v) is 21.2. The van der Waals surface area contributed by atoms with E-state index in [-0.39, 0.29) is 6.42 Å². The molecule has 37 heavy (non-hydrogen) atoms. The number of urea groups is 1. The number of halogens is 1. The largest absolute Gasteiger partial charge is 0.384 e. The average molecular weight is 508 g/mol. The van der Waals surface area contributed by atoms with E-state index in [0.29, 0.717) is 23.6 Å². The van der Waals surface area contributed by atoms with Gasteiger partial charge >= 0.3 is 6.03 Å². The summed E-state index contributed by atoms with van der Waals surface area (Å²) in [4.78, 5) is 46.6. The lowest BCUT2D eigenvalue weighted by Gasteiger charge is -2.46. The number of carbonyl (C=O) groups is 3. The van der Waals surface area contributed by atoms with Crippen LogP contribution in [-0.2, 0) is 23.1 Å². The molecule has 0 bridgehead atoms. The fourth-order valence-electron chi connectivity index (χ4n) is 4.74. The van der Waals surface area contributed by atoms with E-state index in [4.69, 9.17) is 5.73 Å². The standard InChI is InChI=1S/C26H30FN7O3/c1-5-20(18-14-17(27)7-6-15(18)2)31-26(37)34-23(25(36)32(3)22-9-11-30-33(22)4)19(24(34)35)12-16-8-10-29-21(28)13-16/h6-11,13-14,19-20,23H,5,12H2,1-4H3,(H2,28,29)(H,31,37)/t19-,20-,23+/m1/s1. The van der Waals surface area contributed by atoms with Gasteiger partial charge in [0.05, 0.1) is 18.2 Å². The number of nitrogens with zero attached hydrogens (tertiary/aromatic N) is 5. The van der Waals surface area contributed by atoms with Crippen LogP contribution in [0.25, 0.3) is 0 Å². The number of hydrogen-bond donors (Lipinski definition) is 2. The van der Waals surface area contributed by atoms with Gasteiger partial charge in [-0.1, -0.05) is 13.0 Å². The number of likely N-dealkylation sites (N-methyl/N-ethyl adjacent to an activating group) is 1. The Kier molecular flexibility index (Phi) is 7.23. The van der Waals surface area contributed by atoms with Crippen molar-refractivity contribution in [2.45, 2.75) is 38.8 Å². The van der Waals surface area contributed by atoms with Crippen LogP contribution in [0.3, 0.4) is 0 Å². The number of amides is 4. The predicted octanol–water partition coefficient (Wildman–Crippen LogP) is 2.74. The molecule has 1 aliphatic rings. The van der Waals surface area contributed by atoms with Gasteiger partial charge in [-0.25, -0.2) is 14.2 Å². The summed E-state index contributed by atoms with van der Waals surface area (Å²) >= 11 is 0. The Morgan fingerprint density at radius 3 is 2.62 bits per heavy atom. The highest BCUT2D eigenvalue weighted by atomic mass is 19.1. The number of benzene rings is 1. The topological polar surface area (TPSA) is 126 Å². The number of imide groups is 1. The lowest BCUT2D eigenvalue weighted by molar-refractivity contribution is -0.156. The Bertz CT molecular complexity index is 1340. The monoisotopic (exact) mass is 507 g/mol. The van der Waals surface area contributed by atoms with E-state index >= 15 is 0 Å². The number of aromatic nitrogens is 3. The Morgan fingerprint density at radius 1 is 1.22 bits per heavy atom. The quantitative estimate of drug-likeness (QED) is 0.474. The number of β-lactam (4-membered cyclic amide) rings is 1. The van der Waals surface area contributed by atoms with Crippen molar-refractivity contribution in [3.8, 4) is 0 Å². The summed E-state index contributed by atoms with van der Waals surface area (Å²) in [7, 11) is 3.27. The molecule has 3 heterocycles. The molecule has 4 amide bonds. The summed E-state index contributed by atoms with van der Waals surface area (Å²) in [5.74, 6) is -1.29. The summed E-state index contributed by atoms with van der Waals surface area (Å²) in [5.41, 5.74) is 7.94. The molecular weight excluding hydrogens is 477 g/mol. The van der Waals surface area contributed by atoms with Gasteiger partial charge in [0.2, 0.25) is 5.91 Å². The third kappa shape index (κ3) is 5.02. The number of aryl methyl sites for hydroxylation is 2. The van der Waals surface area contributed by atoms with Crippen molar-refractivity contribution in [3.63, 3.8) is 0 Å². The maximum atomic E-state index is 13.9. The minimum absolute atomic E-state index is 0.213. The van der Waals surface area contributed by atoms with E-state index in [1.54, 1.807) is 44.6 Å². The summed E-state index contributed by atoms with van der Waals surface area (Å²) in [5, 5.41) is 6.93. The van der Waals surface area contributed by atoms with Gasteiger partial charge in [-0.05, 0) is 60.7 Å². The smallest absolute Gasteiger partial charge is 0.325 e. The first-order valence-corrected chi connectivity index (χ1v) is 12.0. The molecule has 1 aliphatic heterocycles. The Morgan fingerprint density at radius 2 is 1.97 bits per heavy atom. The minimum Gasteiger partial charge on any atom is -0.384 e. The molecular formula is C26H30FN7O3. The molecule has 1 fully saturated rings. The van der Waals surface area contributed by atoms with Gasteiger partial charge in [0, 0.05) is 26.4 Å². The zero-order chi connectivity index (χ0) is 26.9. The van der Waals surface area contributed by atoms with Crippen molar-refractivity contribution in [1.29, 1.82) is 0 Å². The van der Waals surface area contributed by atoms with Gasteiger partial charge in [-0.3, -0.25) is 24.1 Å². The van der Waals surface area contributed by atoms with Crippen LogP contribution < -0.4 is 16.0 Å². The van der Waals surface area contributed by atoms with Gasteiger partial charge in [-0.2, -0.15) is 5.10 Å². The van der Waals surface area contributed by atoms with E-state index in [9.17, 15) is 18.8 Å². The highest BCUT2D eigenvalue weighted by Gasteiger charge is 2.55. The molecule has 10 nitrogen and oxygen atoms in total. The van der Waals surface area contributed by atoms with Crippen molar-refractivity contribution < 1.29 is 18.8 Å². The molecule has 3 N–H and O–H groups in total. The van der Waals surface area contributed by atoms with Gasteiger partial charge in [-0.15, -0.1) is 0 Å². The lowest BCUT2D eigenvalue weighted by Crippen LogP contribution is -2.70. The molecule has 1 aromatic carbocycles. The number of pyridine rings is 1. The van der Waals surface area contributed by atoms with Crippen LogP contribution in [0.2, 0.25) is 0 Å². The molecule has 0 aliphatic carbocycles. The molecule has 0 radical (unpaired) electrons. The summed E-state index contributed by atoms with van der Waals surface area (Å²) in [6, 6.07) is 7.10. The molecule has 0 unspecified atom stereocenters. The number of carbonyl (C=O) groups excluding carboxylic acids is 3. The fraction of sp³-hybridized carbons (Fsp3) is 0.346.